The van der Waals surface area contributed by atoms with Crippen molar-refractivity contribution in [2.75, 3.05) is 0 Å². The molecular formula is C8H11ClN2O4S. The minimum atomic E-state index is -4.10. The smallest absolute Gasteiger partial charge is 0.340 e. The molecular weight excluding hydrogens is 256 g/mol. The van der Waals surface area contributed by atoms with E-state index in [2.05, 4.69) is 5.10 Å². The van der Waals surface area contributed by atoms with Crippen LogP contribution in [-0.4, -0.2) is 29.3 Å². The lowest BCUT2D eigenvalue weighted by Crippen LogP contribution is -2.10. The van der Waals surface area contributed by atoms with E-state index in [1.165, 1.54) is 0 Å². The first-order chi connectivity index (χ1) is 7.38. The van der Waals surface area contributed by atoms with Gasteiger partial charge in [-0.2, -0.15) is 5.10 Å². The van der Waals surface area contributed by atoms with Crippen molar-refractivity contribution < 1.29 is 18.3 Å². The first-order valence-corrected chi connectivity index (χ1v) is 6.92. The second kappa shape index (κ2) is 4.84. The molecule has 0 amide bonds. The Labute approximate surface area is 97.3 Å². The Bertz CT molecular complexity index is 494. The van der Waals surface area contributed by atoms with Gasteiger partial charge in [0.15, 0.2) is 5.03 Å². The maximum absolute atomic E-state index is 11.2. The van der Waals surface area contributed by atoms with E-state index in [-0.39, 0.29) is 0 Å². The number of unbranched alkanes of at least 4 members (excludes halogenated alkanes) is 1. The molecule has 1 aromatic heterocycles. The molecule has 0 aromatic carbocycles. The number of halogens is 1. The Balaban J connectivity index is 3.26. The molecule has 0 unspecified atom stereocenters. The zero-order chi connectivity index (χ0) is 12.3. The topological polar surface area (TPSA) is 89.3 Å². The van der Waals surface area contributed by atoms with Gasteiger partial charge < -0.3 is 5.11 Å². The Hall–Kier alpha value is -1.08. The van der Waals surface area contributed by atoms with Gasteiger partial charge in [-0.1, -0.05) is 13.3 Å². The maximum atomic E-state index is 11.2. The van der Waals surface area contributed by atoms with E-state index in [1.54, 1.807) is 0 Å². The van der Waals surface area contributed by atoms with E-state index in [4.69, 9.17) is 15.8 Å². The SMILES string of the molecule is CCCCn1ncc(C(=O)O)c1S(=O)(=O)Cl. The van der Waals surface area contributed by atoms with Gasteiger partial charge in [-0.05, 0) is 6.42 Å². The molecule has 1 heterocycles. The molecule has 0 bridgehead atoms. The first kappa shape index (κ1) is 13.0. The lowest BCUT2D eigenvalue weighted by molar-refractivity contribution is 0.0692. The number of hydrogen-bond acceptors (Lipinski definition) is 4. The Morgan fingerprint density at radius 3 is 2.69 bits per heavy atom. The van der Waals surface area contributed by atoms with Crippen LogP contribution in [0.1, 0.15) is 30.1 Å². The van der Waals surface area contributed by atoms with E-state index in [9.17, 15) is 13.2 Å². The molecule has 0 aliphatic carbocycles. The summed E-state index contributed by atoms with van der Waals surface area (Å²) in [5, 5.41) is 12.1. The van der Waals surface area contributed by atoms with Crippen molar-refractivity contribution in [2.24, 2.45) is 0 Å². The Kier molecular flexibility index (Phi) is 3.93. The highest BCUT2D eigenvalue weighted by Gasteiger charge is 2.26. The van der Waals surface area contributed by atoms with Gasteiger partial charge in [-0.3, -0.25) is 4.68 Å². The van der Waals surface area contributed by atoms with Crippen molar-refractivity contribution in [1.82, 2.24) is 9.78 Å². The summed E-state index contributed by atoms with van der Waals surface area (Å²) in [6.45, 7) is 2.25. The van der Waals surface area contributed by atoms with Crippen LogP contribution >= 0.6 is 10.7 Å². The predicted molar refractivity (Wildman–Crippen MR) is 57.1 cm³/mol. The molecule has 0 radical (unpaired) electrons. The third-order valence-corrected chi connectivity index (χ3v) is 3.31. The van der Waals surface area contributed by atoms with E-state index in [1.807, 2.05) is 6.92 Å². The van der Waals surface area contributed by atoms with Gasteiger partial charge in [0.1, 0.15) is 5.56 Å². The van der Waals surface area contributed by atoms with E-state index >= 15 is 0 Å². The number of nitrogens with zero attached hydrogens (tertiary/aromatic N) is 2. The number of aromatic carboxylic acids is 1. The Morgan fingerprint density at radius 1 is 1.62 bits per heavy atom. The quantitative estimate of drug-likeness (QED) is 0.812. The van der Waals surface area contributed by atoms with E-state index in [0.717, 1.165) is 17.3 Å². The first-order valence-electron chi connectivity index (χ1n) is 4.61. The summed E-state index contributed by atoms with van der Waals surface area (Å²) in [6, 6.07) is 0. The molecule has 1 N–H and O–H groups in total. The normalized spacial score (nSPS) is 11.6. The van der Waals surface area contributed by atoms with Crippen LogP contribution < -0.4 is 0 Å². The lowest BCUT2D eigenvalue weighted by atomic mass is 10.3. The van der Waals surface area contributed by atoms with Crippen LogP contribution in [0.25, 0.3) is 0 Å². The van der Waals surface area contributed by atoms with Gasteiger partial charge in [0.25, 0.3) is 9.05 Å². The summed E-state index contributed by atoms with van der Waals surface area (Å²) < 4.78 is 23.6. The van der Waals surface area contributed by atoms with Crippen molar-refractivity contribution in [3.8, 4) is 0 Å². The van der Waals surface area contributed by atoms with Crippen LogP contribution in [0.3, 0.4) is 0 Å². The van der Waals surface area contributed by atoms with Crippen LogP contribution in [0.2, 0.25) is 0 Å². The summed E-state index contributed by atoms with van der Waals surface area (Å²) in [4.78, 5) is 10.8. The lowest BCUT2D eigenvalue weighted by Gasteiger charge is -2.04. The summed E-state index contributed by atoms with van der Waals surface area (Å²) in [5.41, 5.74) is -0.397. The standard InChI is InChI=1S/C8H11ClN2O4S/c1-2-3-4-11-7(16(9,14)15)6(5-10-11)8(12)13/h5H,2-4H2,1H3,(H,12,13). The fourth-order valence-corrected chi connectivity index (χ4v) is 2.53. The minimum Gasteiger partial charge on any atom is -0.478 e. The van der Waals surface area contributed by atoms with Crippen LogP contribution in [0.15, 0.2) is 11.2 Å². The third-order valence-electron chi connectivity index (χ3n) is 1.98. The monoisotopic (exact) mass is 266 g/mol. The number of hydrogen-bond donors (Lipinski definition) is 1. The molecule has 0 aliphatic heterocycles. The predicted octanol–water partition coefficient (Wildman–Crippen LogP) is 1.31. The molecule has 0 saturated carbocycles. The van der Waals surface area contributed by atoms with Crippen molar-refractivity contribution in [3.63, 3.8) is 0 Å². The van der Waals surface area contributed by atoms with Crippen molar-refractivity contribution in [1.29, 1.82) is 0 Å². The van der Waals surface area contributed by atoms with Gasteiger partial charge in [0, 0.05) is 17.2 Å². The van der Waals surface area contributed by atoms with Gasteiger partial charge >= 0.3 is 5.97 Å². The van der Waals surface area contributed by atoms with Gasteiger partial charge in [0.2, 0.25) is 0 Å². The molecule has 1 aromatic rings. The largest absolute Gasteiger partial charge is 0.478 e. The van der Waals surface area contributed by atoms with Crippen LogP contribution in [0.5, 0.6) is 0 Å². The molecule has 0 saturated heterocycles. The molecule has 0 spiro atoms. The molecule has 90 valence electrons. The maximum Gasteiger partial charge on any atom is 0.340 e. The van der Waals surface area contributed by atoms with Crippen molar-refractivity contribution >= 4 is 25.7 Å². The van der Waals surface area contributed by atoms with Crippen molar-refractivity contribution in [3.05, 3.63) is 11.8 Å². The van der Waals surface area contributed by atoms with Crippen LogP contribution in [-0.2, 0) is 15.6 Å². The summed E-state index contributed by atoms with van der Waals surface area (Å²) in [6.07, 6.45) is 2.53. The highest BCUT2D eigenvalue weighted by molar-refractivity contribution is 8.13. The zero-order valence-corrected chi connectivity index (χ0v) is 10.1. The fourth-order valence-electron chi connectivity index (χ4n) is 1.25. The fraction of sp³-hybridized carbons (Fsp3) is 0.500. The number of aromatic nitrogens is 2. The molecule has 8 heteroatoms. The van der Waals surface area contributed by atoms with Crippen LogP contribution in [0, 0.1) is 0 Å². The Morgan fingerprint density at radius 2 is 2.25 bits per heavy atom. The van der Waals surface area contributed by atoms with E-state index < -0.39 is 25.6 Å². The average molecular weight is 267 g/mol. The van der Waals surface area contributed by atoms with Crippen LogP contribution in [0.4, 0.5) is 0 Å². The number of carboxylic acid groups (broad SMARTS) is 1. The highest BCUT2D eigenvalue weighted by Crippen LogP contribution is 2.20. The van der Waals surface area contributed by atoms with E-state index in [0.29, 0.717) is 13.0 Å². The third kappa shape index (κ3) is 2.73. The molecule has 16 heavy (non-hydrogen) atoms. The summed E-state index contributed by atoms with van der Waals surface area (Å²) >= 11 is 0. The average Bonchev–Trinajstić information content (AvgIpc) is 2.57. The number of rotatable bonds is 5. The second-order valence-electron chi connectivity index (χ2n) is 3.18. The van der Waals surface area contributed by atoms with Gasteiger partial charge in [-0.15, -0.1) is 0 Å². The van der Waals surface area contributed by atoms with Crippen molar-refractivity contribution in [2.45, 2.75) is 31.3 Å². The second-order valence-corrected chi connectivity index (χ2v) is 5.66. The molecule has 0 fully saturated rings. The molecule has 6 nitrogen and oxygen atoms in total. The summed E-state index contributed by atoms with van der Waals surface area (Å²) in [5.74, 6) is -1.36. The molecule has 0 atom stereocenters. The molecule has 0 aliphatic rings. The minimum absolute atomic E-state index is 0.324. The van der Waals surface area contributed by atoms with Gasteiger partial charge in [-0.25, -0.2) is 13.2 Å². The number of aryl methyl sites for hydroxylation is 1. The summed E-state index contributed by atoms with van der Waals surface area (Å²) in [7, 11) is 1.08. The van der Waals surface area contributed by atoms with Gasteiger partial charge in [0.05, 0.1) is 6.20 Å². The molecule has 1 rings (SSSR count). The number of carboxylic acids is 1. The number of carbonyl (C=O) groups is 1. The highest BCUT2D eigenvalue weighted by atomic mass is 35.7. The zero-order valence-electron chi connectivity index (χ0n) is 8.55.